The van der Waals surface area contributed by atoms with Crippen LogP contribution in [0.1, 0.15) is 46.5 Å². The fourth-order valence-corrected chi connectivity index (χ4v) is 2.06. The number of carbonyl (C=O) groups is 4. The summed E-state index contributed by atoms with van der Waals surface area (Å²) in [5.41, 5.74) is -1.92. The molecule has 0 rings (SSSR count). The molecule has 142 valence electrons. The smallest absolute Gasteiger partial charge is 0.344 e. The van der Waals surface area contributed by atoms with Crippen LogP contribution in [0.3, 0.4) is 0 Å². The van der Waals surface area contributed by atoms with Crippen LogP contribution in [0.25, 0.3) is 0 Å². The normalized spacial score (nSPS) is 11.0. The quantitative estimate of drug-likeness (QED) is 0.195. The molecule has 0 bridgehead atoms. The average molecular weight is 357 g/mol. The maximum atomic E-state index is 12.3. The van der Waals surface area contributed by atoms with Crippen LogP contribution < -0.4 is 5.32 Å². The molecule has 0 aromatic heterocycles. The molecule has 0 heterocycles. The first-order chi connectivity index (χ1) is 11.8. The Morgan fingerprint density at radius 3 is 2.00 bits per heavy atom. The minimum absolute atomic E-state index is 0.0580. The third-order valence-corrected chi connectivity index (χ3v) is 3.21. The first-order valence-electron chi connectivity index (χ1n) is 8.19. The van der Waals surface area contributed by atoms with E-state index in [0.717, 1.165) is 0 Å². The summed E-state index contributed by atoms with van der Waals surface area (Å²) >= 11 is 0. The van der Waals surface area contributed by atoms with Gasteiger partial charge in [-0.15, -0.1) is 0 Å². The average Bonchev–Trinajstić information content (AvgIpc) is 2.56. The summed E-state index contributed by atoms with van der Waals surface area (Å²) in [7, 11) is 1.32. The van der Waals surface area contributed by atoms with Gasteiger partial charge in [-0.2, -0.15) is 0 Å². The number of allylic oxidation sites excluding steroid dienone is 1. The predicted molar refractivity (Wildman–Crippen MR) is 89.4 cm³/mol. The van der Waals surface area contributed by atoms with E-state index < -0.39 is 23.4 Å². The van der Waals surface area contributed by atoms with E-state index in [0.29, 0.717) is 12.8 Å². The maximum Gasteiger partial charge on any atom is 0.344 e. The number of unbranched alkanes of at least 4 members (excludes halogenated alkanes) is 1. The van der Waals surface area contributed by atoms with Crippen molar-refractivity contribution in [2.24, 2.45) is 0 Å². The number of nitrogens with one attached hydrogen (secondary N) is 1. The second kappa shape index (κ2) is 12.0. The van der Waals surface area contributed by atoms with E-state index in [-0.39, 0.29) is 32.0 Å². The highest BCUT2D eigenvalue weighted by atomic mass is 16.6. The number of carbonyl (C=O) groups excluding carboxylic acids is 4. The number of amides is 1. The summed E-state index contributed by atoms with van der Waals surface area (Å²) in [5.74, 6) is -2.61. The van der Waals surface area contributed by atoms with Crippen molar-refractivity contribution >= 4 is 23.8 Å². The lowest BCUT2D eigenvalue weighted by Crippen LogP contribution is -2.60. The Labute approximate surface area is 147 Å². The molecule has 0 aliphatic rings. The number of methoxy groups -OCH3 is 1. The molecule has 0 aromatic carbocycles. The van der Waals surface area contributed by atoms with E-state index in [2.05, 4.69) is 10.1 Å². The molecule has 0 atom stereocenters. The van der Waals surface area contributed by atoms with Crippen LogP contribution in [0.2, 0.25) is 0 Å². The molecule has 0 aliphatic heterocycles. The summed E-state index contributed by atoms with van der Waals surface area (Å²) in [5, 5.41) is 2.37. The maximum absolute atomic E-state index is 12.3. The van der Waals surface area contributed by atoms with Gasteiger partial charge < -0.3 is 19.5 Å². The van der Waals surface area contributed by atoms with Crippen LogP contribution in [0.5, 0.6) is 0 Å². The molecule has 0 aromatic rings. The lowest BCUT2D eigenvalue weighted by Gasteiger charge is -2.28. The molecule has 25 heavy (non-hydrogen) atoms. The zero-order valence-corrected chi connectivity index (χ0v) is 15.3. The van der Waals surface area contributed by atoms with Crippen LogP contribution in [0.15, 0.2) is 12.2 Å². The summed E-state index contributed by atoms with van der Waals surface area (Å²) in [6, 6.07) is 0. The Hall–Kier alpha value is -2.38. The second-order valence-corrected chi connectivity index (χ2v) is 5.17. The van der Waals surface area contributed by atoms with Crippen molar-refractivity contribution in [2.45, 2.75) is 52.0 Å². The SMILES string of the molecule is CCOC(=O)C(C/C=C/CCCC(=O)OC)(NC(C)=O)C(=O)OCC. The molecular formula is C17H27NO7. The zero-order valence-electron chi connectivity index (χ0n) is 15.3. The minimum atomic E-state index is -1.92. The van der Waals surface area contributed by atoms with Gasteiger partial charge in [-0.3, -0.25) is 9.59 Å². The van der Waals surface area contributed by atoms with Crippen LogP contribution in [0.4, 0.5) is 0 Å². The molecule has 1 N–H and O–H groups in total. The van der Waals surface area contributed by atoms with Gasteiger partial charge in [-0.05, 0) is 26.7 Å². The van der Waals surface area contributed by atoms with Crippen molar-refractivity contribution in [3.05, 3.63) is 12.2 Å². The van der Waals surface area contributed by atoms with Crippen LogP contribution in [0, 0.1) is 0 Å². The number of rotatable bonds is 11. The van der Waals surface area contributed by atoms with Gasteiger partial charge in [0.15, 0.2) is 0 Å². The van der Waals surface area contributed by atoms with Crippen molar-refractivity contribution in [1.82, 2.24) is 5.32 Å². The molecular weight excluding hydrogens is 330 g/mol. The largest absolute Gasteiger partial charge is 0.469 e. The number of ether oxygens (including phenoxy) is 3. The summed E-state index contributed by atoms with van der Waals surface area (Å²) < 4.78 is 14.4. The minimum Gasteiger partial charge on any atom is -0.469 e. The molecule has 0 saturated heterocycles. The highest BCUT2D eigenvalue weighted by Crippen LogP contribution is 2.18. The fraction of sp³-hybridized carbons (Fsp3) is 0.647. The lowest BCUT2D eigenvalue weighted by atomic mass is 9.94. The third-order valence-electron chi connectivity index (χ3n) is 3.21. The third kappa shape index (κ3) is 7.82. The van der Waals surface area contributed by atoms with E-state index >= 15 is 0 Å². The summed E-state index contributed by atoms with van der Waals surface area (Å²) in [6.07, 6.45) is 4.58. The molecule has 8 heteroatoms. The molecule has 8 nitrogen and oxygen atoms in total. The summed E-state index contributed by atoms with van der Waals surface area (Å²) in [6.45, 7) is 4.52. The van der Waals surface area contributed by atoms with Crippen molar-refractivity contribution in [2.75, 3.05) is 20.3 Å². The highest BCUT2D eigenvalue weighted by Gasteiger charge is 2.49. The lowest BCUT2D eigenvalue weighted by molar-refractivity contribution is -0.167. The Balaban J connectivity index is 5.14. The Bertz CT molecular complexity index is 481. The molecule has 0 radical (unpaired) electrons. The first-order valence-corrected chi connectivity index (χ1v) is 8.19. The highest BCUT2D eigenvalue weighted by molar-refractivity contribution is 6.07. The van der Waals surface area contributed by atoms with Gasteiger partial charge in [0.25, 0.3) is 0 Å². The Morgan fingerprint density at radius 2 is 1.56 bits per heavy atom. The van der Waals surface area contributed by atoms with E-state index in [1.54, 1.807) is 26.0 Å². The molecule has 0 fully saturated rings. The zero-order chi connectivity index (χ0) is 19.3. The van der Waals surface area contributed by atoms with Gasteiger partial charge in [-0.1, -0.05) is 12.2 Å². The number of hydrogen-bond acceptors (Lipinski definition) is 7. The van der Waals surface area contributed by atoms with Gasteiger partial charge >= 0.3 is 17.9 Å². The van der Waals surface area contributed by atoms with Gasteiger partial charge in [-0.25, -0.2) is 9.59 Å². The number of hydrogen-bond donors (Lipinski definition) is 1. The molecule has 1 amide bonds. The molecule has 0 unspecified atom stereocenters. The predicted octanol–water partition coefficient (Wildman–Crippen LogP) is 1.28. The molecule has 0 aliphatic carbocycles. The first kappa shape index (κ1) is 22.6. The Kier molecular flexibility index (Phi) is 10.9. The van der Waals surface area contributed by atoms with Crippen molar-refractivity contribution < 1.29 is 33.4 Å². The van der Waals surface area contributed by atoms with Crippen molar-refractivity contribution in [3.8, 4) is 0 Å². The van der Waals surface area contributed by atoms with Crippen LogP contribution >= 0.6 is 0 Å². The molecule has 0 spiro atoms. The van der Waals surface area contributed by atoms with E-state index in [1.807, 2.05) is 0 Å². The van der Waals surface area contributed by atoms with Gasteiger partial charge in [0.1, 0.15) is 0 Å². The van der Waals surface area contributed by atoms with E-state index in [9.17, 15) is 19.2 Å². The monoisotopic (exact) mass is 357 g/mol. The van der Waals surface area contributed by atoms with Crippen molar-refractivity contribution in [1.29, 1.82) is 0 Å². The van der Waals surface area contributed by atoms with E-state index in [1.165, 1.54) is 14.0 Å². The van der Waals surface area contributed by atoms with Crippen LogP contribution in [-0.2, 0) is 33.4 Å². The van der Waals surface area contributed by atoms with E-state index in [4.69, 9.17) is 9.47 Å². The Morgan fingerprint density at radius 1 is 1.00 bits per heavy atom. The topological polar surface area (TPSA) is 108 Å². The van der Waals surface area contributed by atoms with Crippen LogP contribution in [-0.4, -0.2) is 49.7 Å². The standard InChI is InChI=1S/C17H27NO7/c1-5-24-15(21)17(18-13(3)19,16(22)25-6-2)12-10-8-7-9-11-14(20)23-4/h8,10H,5-7,9,11-12H2,1-4H3,(H,18,19)/b10-8+. The number of esters is 3. The summed E-state index contributed by atoms with van der Waals surface area (Å²) in [4.78, 5) is 47.2. The van der Waals surface area contributed by atoms with Crippen molar-refractivity contribution in [3.63, 3.8) is 0 Å². The van der Waals surface area contributed by atoms with Gasteiger partial charge in [0, 0.05) is 19.8 Å². The molecule has 0 saturated carbocycles. The van der Waals surface area contributed by atoms with Gasteiger partial charge in [0.2, 0.25) is 11.4 Å². The van der Waals surface area contributed by atoms with Gasteiger partial charge in [0.05, 0.1) is 20.3 Å². The second-order valence-electron chi connectivity index (χ2n) is 5.17. The fourth-order valence-electron chi connectivity index (χ4n) is 2.06.